The van der Waals surface area contributed by atoms with Gasteiger partial charge in [-0.05, 0) is 43.6 Å². The van der Waals surface area contributed by atoms with Gasteiger partial charge >= 0.3 is 0 Å². The van der Waals surface area contributed by atoms with Crippen molar-refractivity contribution in [3.8, 4) is 0 Å². The number of pyridine rings is 1. The summed E-state index contributed by atoms with van der Waals surface area (Å²) in [4.78, 5) is 3.97. The van der Waals surface area contributed by atoms with Crippen LogP contribution in [0.1, 0.15) is 24.5 Å². The van der Waals surface area contributed by atoms with Crippen molar-refractivity contribution < 1.29 is 8.42 Å². The van der Waals surface area contributed by atoms with Crippen molar-refractivity contribution in [3.05, 3.63) is 29.6 Å². The third-order valence-electron chi connectivity index (χ3n) is 2.64. The number of nitrogens with zero attached hydrogens (tertiary/aromatic N) is 1. The molecule has 1 aromatic heterocycles. The van der Waals surface area contributed by atoms with Crippen molar-refractivity contribution in [2.45, 2.75) is 26.8 Å². The molecule has 0 saturated carbocycles. The van der Waals surface area contributed by atoms with Crippen LogP contribution in [0.15, 0.2) is 18.5 Å². The Bertz CT molecular complexity index is 460. The van der Waals surface area contributed by atoms with Gasteiger partial charge in [-0.25, -0.2) is 13.1 Å². The molecule has 0 aromatic carbocycles. The molecule has 0 saturated heterocycles. The van der Waals surface area contributed by atoms with Crippen molar-refractivity contribution >= 4 is 10.0 Å². The first kappa shape index (κ1) is 15.1. The Morgan fingerprint density at radius 3 is 2.83 bits per heavy atom. The molecular formula is C12H21N3O2S. The highest BCUT2D eigenvalue weighted by Gasteiger charge is 2.09. The summed E-state index contributed by atoms with van der Waals surface area (Å²) in [6.07, 6.45) is 4.02. The highest BCUT2D eigenvalue weighted by Crippen LogP contribution is 2.05. The van der Waals surface area contributed by atoms with Gasteiger partial charge in [-0.3, -0.25) is 4.98 Å². The van der Waals surface area contributed by atoms with E-state index in [0.717, 1.165) is 24.2 Å². The second kappa shape index (κ2) is 7.45. The van der Waals surface area contributed by atoms with Crippen molar-refractivity contribution in [1.29, 1.82) is 0 Å². The number of sulfonamides is 1. The highest BCUT2D eigenvalue weighted by molar-refractivity contribution is 7.89. The molecule has 1 rings (SSSR count). The molecular weight excluding hydrogens is 250 g/mol. The van der Waals surface area contributed by atoms with E-state index in [2.05, 4.69) is 15.0 Å². The average Bonchev–Trinajstić information content (AvgIpc) is 2.34. The van der Waals surface area contributed by atoms with E-state index in [4.69, 9.17) is 0 Å². The minimum atomic E-state index is -3.19. The zero-order valence-corrected chi connectivity index (χ0v) is 11.8. The lowest BCUT2D eigenvalue weighted by Gasteiger charge is -2.08. The second-order valence-electron chi connectivity index (χ2n) is 4.15. The predicted octanol–water partition coefficient (Wildman–Crippen LogP) is 0.809. The van der Waals surface area contributed by atoms with Crippen LogP contribution in [0.4, 0.5) is 0 Å². The molecule has 0 aliphatic heterocycles. The Morgan fingerprint density at radius 2 is 2.17 bits per heavy atom. The van der Waals surface area contributed by atoms with Gasteiger partial charge in [0.25, 0.3) is 0 Å². The molecule has 102 valence electrons. The summed E-state index contributed by atoms with van der Waals surface area (Å²) in [5.41, 5.74) is 1.95. The maximum Gasteiger partial charge on any atom is 0.211 e. The van der Waals surface area contributed by atoms with Gasteiger partial charge in [-0.1, -0.05) is 6.92 Å². The first-order valence-electron chi connectivity index (χ1n) is 6.12. The fourth-order valence-electron chi connectivity index (χ4n) is 1.52. The zero-order chi connectivity index (χ0) is 13.4. The Morgan fingerprint density at radius 1 is 1.39 bits per heavy atom. The minimum absolute atomic E-state index is 0.157. The van der Waals surface area contributed by atoms with Crippen molar-refractivity contribution in [2.24, 2.45) is 0 Å². The maximum atomic E-state index is 11.7. The zero-order valence-electron chi connectivity index (χ0n) is 10.9. The molecule has 0 atom stereocenters. The van der Waals surface area contributed by atoms with E-state index in [-0.39, 0.29) is 5.75 Å². The molecule has 0 aliphatic carbocycles. The van der Waals surface area contributed by atoms with Crippen molar-refractivity contribution in [1.82, 2.24) is 15.0 Å². The van der Waals surface area contributed by atoms with E-state index in [1.807, 2.05) is 19.9 Å². The Balaban J connectivity index is 2.40. The van der Waals surface area contributed by atoms with Crippen LogP contribution >= 0.6 is 0 Å². The van der Waals surface area contributed by atoms with Crippen molar-refractivity contribution in [2.75, 3.05) is 18.8 Å². The summed E-state index contributed by atoms with van der Waals surface area (Å²) in [7, 11) is -3.19. The summed E-state index contributed by atoms with van der Waals surface area (Å²) in [5, 5.41) is 3.10. The van der Waals surface area contributed by atoms with Gasteiger partial charge in [0.05, 0.1) is 5.75 Å². The summed E-state index contributed by atoms with van der Waals surface area (Å²) in [5.74, 6) is 0.157. The number of nitrogens with one attached hydrogen (secondary N) is 2. The van der Waals surface area contributed by atoms with Gasteiger partial charge in [-0.15, -0.1) is 0 Å². The summed E-state index contributed by atoms with van der Waals surface area (Å²) in [6.45, 7) is 5.84. The number of aromatic nitrogens is 1. The SMILES string of the molecule is CCNCCCS(=O)(=O)NCc1ccncc1C. The topological polar surface area (TPSA) is 71.1 Å². The van der Waals surface area contributed by atoms with E-state index in [0.29, 0.717) is 13.0 Å². The molecule has 0 spiro atoms. The number of rotatable bonds is 8. The predicted molar refractivity (Wildman–Crippen MR) is 72.8 cm³/mol. The molecule has 0 unspecified atom stereocenters. The van der Waals surface area contributed by atoms with Crippen LogP contribution in [0.3, 0.4) is 0 Å². The third kappa shape index (κ3) is 5.57. The molecule has 0 radical (unpaired) electrons. The van der Waals surface area contributed by atoms with E-state index in [9.17, 15) is 8.42 Å². The van der Waals surface area contributed by atoms with Gasteiger partial charge in [0.1, 0.15) is 0 Å². The number of aryl methyl sites for hydroxylation is 1. The molecule has 0 bridgehead atoms. The highest BCUT2D eigenvalue weighted by atomic mass is 32.2. The molecule has 2 N–H and O–H groups in total. The van der Waals surface area contributed by atoms with Gasteiger partial charge in [0.15, 0.2) is 0 Å². The normalized spacial score (nSPS) is 11.7. The maximum absolute atomic E-state index is 11.7. The monoisotopic (exact) mass is 271 g/mol. The molecule has 6 heteroatoms. The van der Waals surface area contributed by atoms with Gasteiger partial charge in [-0.2, -0.15) is 0 Å². The van der Waals surface area contributed by atoms with Crippen LogP contribution in [0.2, 0.25) is 0 Å². The molecule has 0 fully saturated rings. The summed E-state index contributed by atoms with van der Waals surface area (Å²) >= 11 is 0. The fourth-order valence-corrected chi connectivity index (χ4v) is 2.57. The largest absolute Gasteiger partial charge is 0.317 e. The molecule has 0 aliphatic rings. The fraction of sp³-hybridized carbons (Fsp3) is 0.583. The van der Waals surface area contributed by atoms with E-state index < -0.39 is 10.0 Å². The number of hydrogen-bond acceptors (Lipinski definition) is 4. The van der Waals surface area contributed by atoms with Crippen LogP contribution < -0.4 is 10.0 Å². The van der Waals surface area contributed by atoms with E-state index >= 15 is 0 Å². The third-order valence-corrected chi connectivity index (χ3v) is 4.05. The summed E-state index contributed by atoms with van der Waals surface area (Å²) < 4.78 is 26.1. The smallest absolute Gasteiger partial charge is 0.211 e. The van der Waals surface area contributed by atoms with Crippen LogP contribution in [0.25, 0.3) is 0 Å². The van der Waals surface area contributed by atoms with Gasteiger partial charge in [0, 0.05) is 18.9 Å². The first-order chi connectivity index (χ1) is 8.55. The minimum Gasteiger partial charge on any atom is -0.317 e. The lowest BCUT2D eigenvalue weighted by molar-refractivity contribution is 0.575. The van der Waals surface area contributed by atoms with Crippen LogP contribution in [0.5, 0.6) is 0 Å². The van der Waals surface area contributed by atoms with Gasteiger partial charge in [0.2, 0.25) is 10.0 Å². The van der Waals surface area contributed by atoms with Crippen LogP contribution in [-0.4, -0.2) is 32.2 Å². The molecule has 5 nitrogen and oxygen atoms in total. The second-order valence-corrected chi connectivity index (χ2v) is 6.08. The van der Waals surface area contributed by atoms with Crippen LogP contribution in [-0.2, 0) is 16.6 Å². The van der Waals surface area contributed by atoms with E-state index in [1.54, 1.807) is 12.4 Å². The van der Waals surface area contributed by atoms with Crippen molar-refractivity contribution in [3.63, 3.8) is 0 Å². The average molecular weight is 271 g/mol. The molecule has 18 heavy (non-hydrogen) atoms. The summed E-state index contributed by atoms with van der Waals surface area (Å²) in [6, 6.07) is 1.83. The Hall–Kier alpha value is -0.980. The molecule has 1 aromatic rings. The van der Waals surface area contributed by atoms with Gasteiger partial charge < -0.3 is 5.32 Å². The Kier molecular flexibility index (Phi) is 6.24. The Labute approximate surface area is 109 Å². The first-order valence-corrected chi connectivity index (χ1v) is 7.78. The molecule has 1 heterocycles. The standard InChI is InChI=1S/C12H21N3O2S/c1-3-13-6-4-8-18(16,17)15-10-12-5-7-14-9-11(12)2/h5,7,9,13,15H,3-4,6,8,10H2,1-2H3. The van der Waals surface area contributed by atoms with Crippen LogP contribution in [0, 0.1) is 6.92 Å². The lowest BCUT2D eigenvalue weighted by atomic mass is 10.2. The van der Waals surface area contributed by atoms with E-state index in [1.165, 1.54) is 0 Å². The lowest BCUT2D eigenvalue weighted by Crippen LogP contribution is -2.28. The molecule has 0 amide bonds. The number of hydrogen-bond donors (Lipinski definition) is 2. The quantitative estimate of drug-likeness (QED) is 0.686.